The third-order valence-corrected chi connectivity index (χ3v) is 2.29. The quantitative estimate of drug-likeness (QED) is 0.809. The van der Waals surface area contributed by atoms with E-state index in [0.717, 1.165) is 0 Å². The molecule has 0 saturated carbocycles. The highest BCUT2D eigenvalue weighted by Crippen LogP contribution is 2.20. The fourth-order valence-electron chi connectivity index (χ4n) is 0.970. The standard InChI is InChI=1S/C10H13BrFNO2/c11-9-2-1-8(7-10(9)12)15-6-5-14-4-3-13/h1-2,7H,3-6,13H2. The van der Waals surface area contributed by atoms with E-state index >= 15 is 0 Å². The van der Waals surface area contributed by atoms with Crippen LogP contribution in [0.15, 0.2) is 22.7 Å². The number of benzene rings is 1. The fourth-order valence-corrected chi connectivity index (χ4v) is 1.22. The van der Waals surface area contributed by atoms with Crippen molar-refractivity contribution >= 4 is 15.9 Å². The maximum Gasteiger partial charge on any atom is 0.141 e. The topological polar surface area (TPSA) is 44.5 Å². The minimum absolute atomic E-state index is 0.338. The van der Waals surface area contributed by atoms with E-state index in [1.165, 1.54) is 6.07 Å². The van der Waals surface area contributed by atoms with Gasteiger partial charge in [0.05, 0.1) is 17.7 Å². The monoisotopic (exact) mass is 277 g/mol. The average molecular weight is 278 g/mol. The van der Waals surface area contributed by atoms with Gasteiger partial charge in [-0.15, -0.1) is 0 Å². The molecule has 0 fully saturated rings. The maximum absolute atomic E-state index is 13.0. The van der Waals surface area contributed by atoms with Gasteiger partial charge in [0.1, 0.15) is 18.2 Å². The van der Waals surface area contributed by atoms with E-state index in [-0.39, 0.29) is 5.82 Å². The molecule has 0 heterocycles. The Morgan fingerprint density at radius 2 is 2.07 bits per heavy atom. The first kappa shape index (κ1) is 12.4. The molecule has 0 atom stereocenters. The number of halogens is 2. The van der Waals surface area contributed by atoms with Crippen LogP contribution in [0.2, 0.25) is 0 Å². The van der Waals surface area contributed by atoms with E-state index in [1.807, 2.05) is 0 Å². The van der Waals surface area contributed by atoms with Gasteiger partial charge in [-0.1, -0.05) is 0 Å². The normalized spacial score (nSPS) is 10.3. The second-order valence-electron chi connectivity index (χ2n) is 2.83. The SMILES string of the molecule is NCCOCCOc1ccc(Br)c(F)c1. The van der Waals surface area contributed by atoms with Crippen LogP contribution in [0.5, 0.6) is 5.75 Å². The highest BCUT2D eigenvalue weighted by Gasteiger charge is 2.00. The summed E-state index contributed by atoms with van der Waals surface area (Å²) >= 11 is 3.06. The molecular weight excluding hydrogens is 265 g/mol. The van der Waals surface area contributed by atoms with Gasteiger partial charge in [0.25, 0.3) is 0 Å². The van der Waals surface area contributed by atoms with Crippen LogP contribution in [0.3, 0.4) is 0 Å². The summed E-state index contributed by atoms with van der Waals surface area (Å²) in [7, 11) is 0. The lowest BCUT2D eigenvalue weighted by molar-refractivity contribution is 0.106. The minimum atomic E-state index is -0.338. The zero-order valence-electron chi connectivity index (χ0n) is 8.21. The summed E-state index contributed by atoms with van der Waals surface area (Å²) < 4.78 is 23.8. The third kappa shape index (κ3) is 4.59. The van der Waals surface area contributed by atoms with Crippen LogP contribution in [-0.2, 0) is 4.74 Å². The van der Waals surface area contributed by atoms with Crippen molar-refractivity contribution in [1.29, 1.82) is 0 Å². The lowest BCUT2D eigenvalue weighted by Gasteiger charge is -2.06. The Bertz CT molecular complexity index is 309. The second-order valence-corrected chi connectivity index (χ2v) is 3.68. The van der Waals surface area contributed by atoms with E-state index in [9.17, 15) is 4.39 Å². The molecule has 0 unspecified atom stereocenters. The van der Waals surface area contributed by atoms with Crippen molar-refractivity contribution in [3.63, 3.8) is 0 Å². The van der Waals surface area contributed by atoms with Crippen molar-refractivity contribution in [1.82, 2.24) is 0 Å². The van der Waals surface area contributed by atoms with E-state index in [0.29, 0.717) is 36.6 Å². The molecule has 84 valence electrons. The van der Waals surface area contributed by atoms with Crippen LogP contribution in [-0.4, -0.2) is 26.4 Å². The molecule has 0 radical (unpaired) electrons. The Hall–Kier alpha value is -0.650. The zero-order chi connectivity index (χ0) is 11.1. The maximum atomic E-state index is 13.0. The highest BCUT2D eigenvalue weighted by molar-refractivity contribution is 9.10. The first-order valence-electron chi connectivity index (χ1n) is 4.59. The van der Waals surface area contributed by atoms with Gasteiger partial charge in [0.15, 0.2) is 0 Å². The van der Waals surface area contributed by atoms with Gasteiger partial charge >= 0.3 is 0 Å². The summed E-state index contributed by atoms with van der Waals surface area (Å²) in [5.74, 6) is 0.155. The molecule has 2 N–H and O–H groups in total. The van der Waals surface area contributed by atoms with Crippen LogP contribution in [0.1, 0.15) is 0 Å². The number of hydrogen-bond donors (Lipinski definition) is 1. The molecule has 1 aromatic rings. The van der Waals surface area contributed by atoms with Crippen molar-refractivity contribution in [2.45, 2.75) is 0 Å². The molecule has 0 amide bonds. The summed E-state index contributed by atoms with van der Waals surface area (Å²) in [6, 6.07) is 4.62. The second kappa shape index (κ2) is 6.76. The summed E-state index contributed by atoms with van der Waals surface area (Å²) in [5, 5.41) is 0. The van der Waals surface area contributed by atoms with Gasteiger partial charge in [0.2, 0.25) is 0 Å². The molecule has 1 rings (SSSR count). The Kier molecular flexibility index (Phi) is 5.60. The number of hydrogen-bond acceptors (Lipinski definition) is 3. The molecule has 0 aliphatic heterocycles. The molecule has 15 heavy (non-hydrogen) atoms. The molecule has 1 aromatic carbocycles. The van der Waals surface area contributed by atoms with Crippen molar-refractivity contribution in [2.24, 2.45) is 5.73 Å². The van der Waals surface area contributed by atoms with Gasteiger partial charge in [0, 0.05) is 12.6 Å². The van der Waals surface area contributed by atoms with Gasteiger partial charge in [-0.2, -0.15) is 0 Å². The van der Waals surface area contributed by atoms with Gasteiger partial charge in [-0.3, -0.25) is 0 Å². The molecule has 0 aromatic heterocycles. The molecule has 3 nitrogen and oxygen atoms in total. The predicted molar refractivity (Wildman–Crippen MR) is 59.5 cm³/mol. The van der Waals surface area contributed by atoms with Crippen LogP contribution >= 0.6 is 15.9 Å². The summed E-state index contributed by atoms with van der Waals surface area (Å²) in [6.45, 7) is 1.85. The summed E-state index contributed by atoms with van der Waals surface area (Å²) in [6.07, 6.45) is 0. The van der Waals surface area contributed by atoms with Crippen LogP contribution in [0.4, 0.5) is 4.39 Å². The van der Waals surface area contributed by atoms with Crippen LogP contribution < -0.4 is 10.5 Å². The van der Waals surface area contributed by atoms with Crippen LogP contribution in [0, 0.1) is 5.82 Å². The molecule has 0 saturated heterocycles. The smallest absolute Gasteiger partial charge is 0.141 e. The molecular formula is C10H13BrFNO2. The van der Waals surface area contributed by atoms with E-state index in [4.69, 9.17) is 15.2 Å². The zero-order valence-corrected chi connectivity index (χ0v) is 9.80. The average Bonchev–Trinajstić information content (AvgIpc) is 2.23. The first-order chi connectivity index (χ1) is 7.24. The number of rotatable bonds is 6. The largest absolute Gasteiger partial charge is 0.491 e. The van der Waals surface area contributed by atoms with E-state index in [1.54, 1.807) is 12.1 Å². The Balaban J connectivity index is 2.28. The number of nitrogens with two attached hydrogens (primary N) is 1. The lowest BCUT2D eigenvalue weighted by atomic mass is 10.3. The third-order valence-electron chi connectivity index (χ3n) is 1.65. The molecule has 0 aliphatic carbocycles. The minimum Gasteiger partial charge on any atom is -0.491 e. The molecule has 0 aliphatic rings. The van der Waals surface area contributed by atoms with Crippen molar-refractivity contribution in [3.8, 4) is 5.75 Å². The van der Waals surface area contributed by atoms with Crippen molar-refractivity contribution in [2.75, 3.05) is 26.4 Å². The number of ether oxygens (including phenoxy) is 2. The van der Waals surface area contributed by atoms with Crippen LogP contribution in [0.25, 0.3) is 0 Å². The van der Waals surface area contributed by atoms with Crippen molar-refractivity contribution in [3.05, 3.63) is 28.5 Å². The fraction of sp³-hybridized carbons (Fsp3) is 0.400. The molecule has 5 heteroatoms. The van der Waals surface area contributed by atoms with E-state index < -0.39 is 0 Å². The Morgan fingerprint density at radius 1 is 1.27 bits per heavy atom. The van der Waals surface area contributed by atoms with Crippen molar-refractivity contribution < 1.29 is 13.9 Å². The van der Waals surface area contributed by atoms with Gasteiger partial charge in [-0.05, 0) is 28.1 Å². The van der Waals surface area contributed by atoms with Gasteiger partial charge in [-0.25, -0.2) is 4.39 Å². The molecule has 0 spiro atoms. The Morgan fingerprint density at radius 3 is 2.73 bits per heavy atom. The lowest BCUT2D eigenvalue weighted by Crippen LogP contribution is -2.13. The Labute approximate surface area is 96.5 Å². The highest BCUT2D eigenvalue weighted by atomic mass is 79.9. The van der Waals surface area contributed by atoms with E-state index in [2.05, 4.69) is 15.9 Å². The summed E-state index contributed by atoms with van der Waals surface area (Å²) in [4.78, 5) is 0. The first-order valence-corrected chi connectivity index (χ1v) is 5.39. The molecule has 0 bridgehead atoms. The van der Waals surface area contributed by atoms with Gasteiger partial charge < -0.3 is 15.2 Å². The predicted octanol–water partition coefficient (Wildman–Crippen LogP) is 1.94. The summed E-state index contributed by atoms with van der Waals surface area (Å²) in [5.41, 5.74) is 5.24.